The second kappa shape index (κ2) is 2.36. The minimum atomic E-state index is 1.24. The van der Waals surface area contributed by atoms with E-state index < -0.39 is 0 Å². The Morgan fingerprint density at radius 2 is 1.85 bits per heavy atom. The minimum Gasteiger partial charge on any atom is -0.361 e. The van der Waals surface area contributed by atoms with E-state index in [1.165, 1.54) is 22.0 Å². The molecule has 62 valence electrons. The van der Waals surface area contributed by atoms with E-state index in [0.29, 0.717) is 0 Å². The van der Waals surface area contributed by atoms with Crippen LogP contribution < -0.4 is 0 Å². The summed E-state index contributed by atoms with van der Waals surface area (Å²) in [6.45, 7) is 0. The van der Waals surface area contributed by atoms with Crippen molar-refractivity contribution in [1.29, 1.82) is 0 Å². The molecule has 2 aliphatic carbocycles. The largest absolute Gasteiger partial charge is 0.361 e. The van der Waals surface area contributed by atoms with Gasteiger partial charge in [0.15, 0.2) is 0 Å². The van der Waals surface area contributed by atoms with Gasteiger partial charge in [0.25, 0.3) is 0 Å². The van der Waals surface area contributed by atoms with Gasteiger partial charge in [0.1, 0.15) is 0 Å². The van der Waals surface area contributed by atoms with E-state index in [4.69, 9.17) is 0 Å². The third kappa shape index (κ3) is 0.872. The number of H-pyrrole nitrogens is 1. The Hall–Kier alpha value is -1.76. The quantitative estimate of drug-likeness (QED) is 0.529. The molecular formula is C12H9N. The van der Waals surface area contributed by atoms with Gasteiger partial charge in [-0.05, 0) is 17.7 Å². The fourth-order valence-electron chi connectivity index (χ4n) is 1.82. The predicted molar refractivity (Wildman–Crippen MR) is 54.9 cm³/mol. The van der Waals surface area contributed by atoms with Crippen molar-refractivity contribution < 1.29 is 0 Å². The molecule has 2 aliphatic rings. The van der Waals surface area contributed by atoms with E-state index in [9.17, 15) is 0 Å². The third-order valence-corrected chi connectivity index (χ3v) is 2.43. The zero-order chi connectivity index (χ0) is 8.67. The number of aromatic nitrogens is 1. The Labute approximate surface area is 76.4 Å². The molecule has 0 amide bonds. The molecule has 1 nitrogen and oxygen atoms in total. The first-order chi connectivity index (χ1) is 6.45. The summed E-state index contributed by atoms with van der Waals surface area (Å²) in [5.74, 6) is 0. The van der Waals surface area contributed by atoms with E-state index >= 15 is 0 Å². The van der Waals surface area contributed by atoms with E-state index in [0.717, 1.165) is 0 Å². The predicted octanol–water partition coefficient (Wildman–Crippen LogP) is 3.27. The molecule has 1 heteroatoms. The summed E-state index contributed by atoms with van der Waals surface area (Å²) in [5, 5.41) is 1.29. The summed E-state index contributed by atoms with van der Waals surface area (Å²) in [7, 11) is 0. The molecule has 0 saturated heterocycles. The molecule has 0 radical (unpaired) electrons. The monoisotopic (exact) mass is 167 g/mol. The van der Waals surface area contributed by atoms with Crippen LogP contribution in [0.1, 0.15) is 0 Å². The van der Waals surface area contributed by atoms with Crippen molar-refractivity contribution >= 4 is 10.9 Å². The second-order valence-electron chi connectivity index (χ2n) is 3.23. The molecule has 0 unspecified atom stereocenters. The van der Waals surface area contributed by atoms with E-state index in [2.05, 4.69) is 47.4 Å². The van der Waals surface area contributed by atoms with E-state index in [1.807, 2.05) is 6.20 Å². The molecule has 3 rings (SSSR count). The lowest BCUT2D eigenvalue weighted by atomic mass is 10.2. The smallest absolute Gasteiger partial charge is 0.0533 e. The van der Waals surface area contributed by atoms with E-state index in [1.54, 1.807) is 0 Å². The standard InChI is InChI=1S/C12H9N/c1-2-4-9-8-10-6-7-13-12(10)11(9)5-3-1/h1-8,13H. The second-order valence-corrected chi connectivity index (χ2v) is 3.23. The average Bonchev–Trinajstić information content (AvgIpc) is 2.61. The number of rotatable bonds is 0. The lowest BCUT2D eigenvalue weighted by Crippen LogP contribution is -1.66. The fourth-order valence-corrected chi connectivity index (χ4v) is 1.82. The Bertz CT molecular complexity index is 522. The van der Waals surface area contributed by atoms with Crippen LogP contribution in [0.25, 0.3) is 22.0 Å². The first-order valence-corrected chi connectivity index (χ1v) is 4.40. The lowest BCUT2D eigenvalue weighted by molar-refractivity contribution is 1.48. The van der Waals surface area contributed by atoms with Gasteiger partial charge >= 0.3 is 0 Å². The van der Waals surface area contributed by atoms with Crippen LogP contribution in [-0.4, -0.2) is 4.98 Å². The maximum absolute atomic E-state index is 3.26. The van der Waals surface area contributed by atoms with Crippen molar-refractivity contribution in [2.45, 2.75) is 0 Å². The van der Waals surface area contributed by atoms with Gasteiger partial charge in [0.05, 0.1) is 5.52 Å². The van der Waals surface area contributed by atoms with Crippen molar-refractivity contribution in [2.24, 2.45) is 0 Å². The first kappa shape index (κ1) is 6.72. The molecule has 13 heavy (non-hydrogen) atoms. The van der Waals surface area contributed by atoms with Crippen molar-refractivity contribution in [1.82, 2.24) is 4.98 Å². The molecule has 1 aromatic rings. The van der Waals surface area contributed by atoms with Crippen LogP contribution in [-0.2, 0) is 0 Å². The highest BCUT2D eigenvalue weighted by Gasteiger charge is 2.07. The summed E-state index contributed by atoms with van der Waals surface area (Å²) in [5.41, 5.74) is 3.84. The molecule has 0 spiro atoms. The van der Waals surface area contributed by atoms with Crippen LogP contribution in [0.15, 0.2) is 48.7 Å². The van der Waals surface area contributed by atoms with Gasteiger partial charge in [-0.2, -0.15) is 0 Å². The van der Waals surface area contributed by atoms with Crippen molar-refractivity contribution in [2.75, 3.05) is 0 Å². The molecule has 1 heterocycles. The highest BCUT2D eigenvalue weighted by molar-refractivity contribution is 5.99. The third-order valence-electron chi connectivity index (χ3n) is 2.43. The summed E-state index contributed by atoms with van der Waals surface area (Å²) >= 11 is 0. The highest BCUT2D eigenvalue weighted by atomic mass is 14.7. The summed E-state index contributed by atoms with van der Waals surface area (Å²) in [6, 6.07) is 14.8. The molecule has 1 aromatic heterocycles. The van der Waals surface area contributed by atoms with E-state index in [-0.39, 0.29) is 0 Å². The zero-order valence-corrected chi connectivity index (χ0v) is 7.12. The molecular weight excluding hydrogens is 158 g/mol. The molecule has 0 aromatic carbocycles. The van der Waals surface area contributed by atoms with Gasteiger partial charge in [0, 0.05) is 17.1 Å². The Balaban J connectivity index is 2.54. The van der Waals surface area contributed by atoms with Crippen LogP contribution in [0.5, 0.6) is 0 Å². The van der Waals surface area contributed by atoms with Crippen LogP contribution in [0, 0.1) is 0 Å². The summed E-state index contributed by atoms with van der Waals surface area (Å²) < 4.78 is 0. The molecule has 0 saturated carbocycles. The number of fused-ring (bicyclic) bond motifs is 3. The van der Waals surface area contributed by atoms with Gasteiger partial charge in [-0.1, -0.05) is 30.3 Å². The lowest BCUT2D eigenvalue weighted by Gasteiger charge is -1.89. The maximum Gasteiger partial charge on any atom is 0.0533 e. The van der Waals surface area contributed by atoms with Gasteiger partial charge in [0.2, 0.25) is 0 Å². The van der Waals surface area contributed by atoms with Gasteiger partial charge in [-0.3, -0.25) is 0 Å². The summed E-state index contributed by atoms with van der Waals surface area (Å²) in [6.07, 6.45) is 1.98. The molecule has 0 atom stereocenters. The SMILES string of the molecule is c1ccc2cc3cc[nH]c3c-2cc1. The average molecular weight is 167 g/mol. The van der Waals surface area contributed by atoms with Crippen molar-refractivity contribution in [3.8, 4) is 11.1 Å². The molecule has 0 aliphatic heterocycles. The van der Waals surface area contributed by atoms with Gasteiger partial charge in [-0.15, -0.1) is 0 Å². The Morgan fingerprint density at radius 1 is 0.923 bits per heavy atom. The normalized spacial score (nSPS) is 11.1. The maximum atomic E-state index is 3.26. The minimum absolute atomic E-state index is 1.24. The molecule has 0 bridgehead atoms. The Morgan fingerprint density at radius 3 is 2.85 bits per heavy atom. The van der Waals surface area contributed by atoms with Crippen molar-refractivity contribution in [3.05, 3.63) is 48.7 Å². The number of nitrogens with one attached hydrogen (secondary N) is 1. The van der Waals surface area contributed by atoms with Gasteiger partial charge < -0.3 is 4.98 Å². The highest BCUT2D eigenvalue weighted by Crippen LogP contribution is 2.31. The van der Waals surface area contributed by atoms with Crippen molar-refractivity contribution in [3.63, 3.8) is 0 Å². The number of hydrogen-bond acceptors (Lipinski definition) is 0. The zero-order valence-electron chi connectivity index (χ0n) is 7.12. The molecule has 1 N–H and O–H groups in total. The summed E-state index contributed by atoms with van der Waals surface area (Å²) in [4.78, 5) is 3.26. The molecule has 0 fully saturated rings. The first-order valence-electron chi connectivity index (χ1n) is 4.40. The Kier molecular flexibility index (Phi) is 1.22. The fraction of sp³-hybridized carbons (Fsp3) is 0. The topological polar surface area (TPSA) is 15.8 Å². The van der Waals surface area contributed by atoms with Crippen LogP contribution >= 0.6 is 0 Å². The van der Waals surface area contributed by atoms with Gasteiger partial charge in [-0.25, -0.2) is 0 Å². The number of aromatic amines is 1. The van der Waals surface area contributed by atoms with Crippen LogP contribution in [0.3, 0.4) is 0 Å². The van der Waals surface area contributed by atoms with Crippen LogP contribution in [0.4, 0.5) is 0 Å². The van der Waals surface area contributed by atoms with Crippen LogP contribution in [0.2, 0.25) is 0 Å². The number of hydrogen-bond donors (Lipinski definition) is 1.